The van der Waals surface area contributed by atoms with E-state index < -0.39 is 23.7 Å². The van der Waals surface area contributed by atoms with Crippen LogP contribution in [-0.2, 0) is 14.3 Å². The Morgan fingerprint density at radius 3 is 2.42 bits per heavy atom. The van der Waals surface area contributed by atoms with Gasteiger partial charge in [-0.25, -0.2) is 4.79 Å². The molecule has 0 aromatic rings. The second-order valence-electron chi connectivity index (χ2n) is 6.50. The lowest BCUT2D eigenvalue weighted by atomic mass is 10.1. The second-order valence-corrected chi connectivity index (χ2v) is 6.50. The molecule has 0 bridgehead atoms. The fourth-order valence-corrected chi connectivity index (χ4v) is 1.81. The molecule has 1 unspecified atom stereocenters. The Morgan fingerprint density at radius 1 is 1.21 bits per heavy atom. The molecule has 0 heterocycles. The molecule has 138 valence electrons. The van der Waals surface area contributed by atoms with Gasteiger partial charge >= 0.3 is 12.1 Å². The maximum absolute atomic E-state index is 11.8. The minimum absolute atomic E-state index is 0.230. The average molecular weight is 340 g/mol. The van der Waals surface area contributed by atoms with Crippen LogP contribution in [-0.4, -0.2) is 36.9 Å². The summed E-state index contributed by atoms with van der Waals surface area (Å²) in [7, 11) is 0. The van der Waals surface area contributed by atoms with Crippen molar-refractivity contribution in [2.45, 2.75) is 65.5 Å². The fourth-order valence-electron chi connectivity index (χ4n) is 1.81. The van der Waals surface area contributed by atoms with Crippen molar-refractivity contribution in [3.05, 3.63) is 23.8 Å². The molecule has 0 saturated carbocycles. The molecule has 0 rings (SSSR count). The Kier molecular flexibility index (Phi) is 10.8. The zero-order chi connectivity index (χ0) is 18.6. The first kappa shape index (κ1) is 22.2. The molecule has 0 aromatic carbocycles. The Bertz CT molecular complexity index is 450. The molecule has 0 aliphatic carbocycles. The number of nitrogens with one attached hydrogen (secondary N) is 1. The number of unbranched alkanes of at least 4 members (excludes halogenated alkanes) is 1. The van der Waals surface area contributed by atoms with Gasteiger partial charge in [-0.1, -0.05) is 18.2 Å². The van der Waals surface area contributed by atoms with E-state index in [9.17, 15) is 9.59 Å². The minimum atomic E-state index is -0.643. The summed E-state index contributed by atoms with van der Waals surface area (Å²) in [4.78, 5) is 23.3. The van der Waals surface area contributed by atoms with E-state index in [2.05, 4.69) is 5.32 Å². The van der Waals surface area contributed by atoms with E-state index >= 15 is 0 Å². The molecule has 0 fully saturated rings. The van der Waals surface area contributed by atoms with Crippen LogP contribution in [0.3, 0.4) is 0 Å². The lowest BCUT2D eigenvalue weighted by molar-refractivity contribution is -0.144. The topological polar surface area (TPSA) is 90.6 Å². The molecule has 1 amide bonds. The molecule has 0 spiro atoms. The van der Waals surface area contributed by atoms with Gasteiger partial charge in [-0.3, -0.25) is 4.79 Å². The number of alkyl carbamates (subject to hydrolysis) is 1. The van der Waals surface area contributed by atoms with E-state index in [4.69, 9.17) is 15.2 Å². The third-order valence-corrected chi connectivity index (χ3v) is 3.05. The smallest absolute Gasteiger partial charge is 0.407 e. The summed E-state index contributed by atoms with van der Waals surface area (Å²) >= 11 is 0. The van der Waals surface area contributed by atoms with Crippen LogP contribution in [0.2, 0.25) is 0 Å². The largest absolute Gasteiger partial charge is 0.460 e. The number of nitrogens with two attached hydrogens (primary N) is 1. The number of hydrogen-bond acceptors (Lipinski definition) is 5. The van der Waals surface area contributed by atoms with Crippen LogP contribution in [0.5, 0.6) is 0 Å². The van der Waals surface area contributed by atoms with Gasteiger partial charge < -0.3 is 20.5 Å². The van der Waals surface area contributed by atoms with Crippen molar-refractivity contribution in [2.75, 3.05) is 13.2 Å². The highest BCUT2D eigenvalue weighted by atomic mass is 16.6. The maximum atomic E-state index is 11.8. The van der Waals surface area contributed by atoms with Crippen molar-refractivity contribution < 1.29 is 19.1 Å². The van der Waals surface area contributed by atoms with E-state index in [1.165, 1.54) is 0 Å². The number of allylic oxidation sites excluding steroid dienone is 2. The lowest BCUT2D eigenvalue weighted by Gasteiger charge is -2.19. The molecule has 0 aliphatic rings. The molecule has 3 N–H and O–H groups in total. The number of carbonyl (C=O) groups excluding carboxylic acids is 2. The van der Waals surface area contributed by atoms with Crippen molar-refractivity contribution in [2.24, 2.45) is 5.73 Å². The van der Waals surface area contributed by atoms with Crippen LogP contribution < -0.4 is 11.1 Å². The van der Waals surface area contributed by atoms with Gasteiger partial charge in [0.15, 0.2) is 0 Å². The van der Waals surface area contributed by atoms with Crippen molar-refractivity contribution in [1.82, 2.24) is 5.32 Å². The highest BCUT2D eigenvalue weighted by Gasteiger charge is 2.16. The second kappa shape index (κ2) is 11.7. The first-order chi connectivity index (χ1) is 11.2. The van der Waals surface area contributed by atoms with E-state index in [0.717, 1.165) is 18.4 Å². The normalized spacial score (nSPS) is 13.7. The number of carbonyl (C=O) groups is 2. The Balaban J connectivity index is 3.87. The quantitative estimate of drug-likeness (QED) is 0.382. The lowest BCUT2D eigenvalue weighted by Crippen LogP contribution is -2.34. The molecule has 6 heteroatoms. The summed E-state index contributed by atoms with van der Waals surface area (Å²) in [6, 6.07) is -0.643. The van der Waals surface area contributed by atoms with Crippen molar-refractivity contribution >= 4 is 12.1 Å². The standard InChI is InChI=1S/C18H32N2O4/c1-6-10-14(7-2)13-23-16(21)15(19)11-8-9-12-20-17(22)24-18(3,4)5/h6-7,10,15H,8-9,11-13,19H2,1-5H3,(H,20,22)/b10-6-,14-7+. The first-order valence-electron chi connectivity index (χ1n) is 8.36. The Hall–Kier alpha value is -1.82. The number of esters is 1. The first-order valence-corrected chi connectivity index (χ1v) is 8.36. The molecule has 0 radical (unpaired) electrons. The van der Waals surface area contributed by atoms with Crippen LogP contribution in [0.15, 0.2) is 23.8 Å². The number of rotatable bonds is 9. The fraction of sp³-hybridized carbons (Fsp3) is 0.667. The predicted octanol–water partition coefficient (Wildman–Crippen LogP) is 3.07. The summed E-state index contributed by atoms with van der Waals surface area (Å²) < 4.78 is 10.3. The summed E-state index contributed by atoms with van der Waals surface area (Å²) in [5.41, 5.74) is 6.25. The van der Waals surface area contributed by atoms with Gasteiger partial charge in [0.05, 0.1) is 0 Å². The summed E-state index contributed by atoms with van der Waals surface area (Å²) in [5, 5.41) is 2.67. The van der Waals surface area contributed by atoms with Crippen LogP contribution in [0.1, 0.15) is 53.9 Å². The monoisotopic (exact) mass is 340 g/mol. The maximum Gasteiger partial charge on any atom is 0.407 e. The van der Waals surface area contributed by atoms with Crippen LogP contribution in [0.25, 0.3) is 0 Å². The third-order valence-electron chi connectivity index (χ3n) is 3.05. The molecule has 0 saturated heterocycles. The highest BCUT2D eigenvalue weighted by Crippen LogP contribution is 2.07. The molecular weight excluding hydrogens is 308 g/mol. The zero-order valence-electron chi connectivity index (χ0n) is 15.6. The van der Waals surface area contributed by atoms with Crippen LogP contribution >= 0.6 is 0 Å². The molecule has 6 nitrogen and oxygen atoms in total. The van der Waals surface area contributed by atoms with E-state index in [0.29, 0.717) is 13.0 Å². The van der Waals surface area contributed by atoms with Gasteiger partial charge in [-0.2, -0.15) is 0 Å². The van der Waals surface area contributed by atoms with Gasteiger partial charge in [-0.15, -0.1) is 0 Å². The SMILES string of the molecule is C/C=C\C(=C/C)COC(=O)C(N)CCCCNC(=O)OC(C)(C)C. The summed E-state index contributed by atoms with van der Waals surface area (Å²) in [6.45, 7) is 9.95. The van der Waals surface area contributed by atoms with E-state index in [1.807, 2.05) is 52.8 Å². The number of hydrogen-bond donors (Lipinski definition) is 2. The van der Waals surface area contributed by atoms with Gasteiger partial charge in [0.2, 0.25) is 0 Å². The van der Waals surface area contributed by atoms with Crippen molar-refractivity contribution in [3.8, 4) is 0 Å². The summed E-state index contributed by atoms with van der Waals surface area (Å²) in [5.74, 6) is -0.404. The van der Waals surface area contributed by atoms with Crippen molar-refractivity contribution in [3.63, 3.8) is 0 Å². The van der Waals surface area contributed by atoms with Gasteiger partial charge in [0.25, 0.3) is 0 Å². The molecule has 0 aromatic heterocycles. The van der Waals surface area contributed by atoms with Gasteiger partial charge in [0.1, 0.15) is 18.2 Å². The van der Waals surface area contributed by atoms with Crippen LogP contribution in [0.4, 0.5) is 4.79 Å². The number of amides is 1. The zero-order valence-corrected chi connectivity index (χ0v) is 15.6. The minimum Gasteiger partial charge on any atom is -0.460 e. The Morgan fingerprint density at radius 2 is 1.88 bits per heavy atom. The summed E-state index contributed by atoms with van der Waals surface area (Å²) in [6.07, 6.45) is 7.19. The highest BCUT2D eigenvalue weighted by molar-refractivity contribution is 5.75. The Labute approximate surface area is 145 Å². The molecule has 1 atom stereocenters. The average Bonchev–Trinajstić information content (AvgIpc) is 2.48. The molecular formula is C18H32N2O4. The molecule has 24 heavy (non-hydrogen) atoms. The number of ether oxygens (including phenoxy) is 2. The van der Waals surface area contributed by atoms with Crippen LogP contribution in [0, 0.1) is 0 Å². The van der Waals surface area contributed by atoms with Gasteiger partial charge in [-0.05, 0) is 59.5 Å². The van der Waals surface area contributed by atoms with Gasteiger partial charge in [0, 0.05) is 6.54 Å². The molecule has 0 aliphatic heterocycles. The van der Waals surface area contributed by atoms with E-state index in [-0.39, 0.29) is 6.61 Å². The predicted molar refractivity (Wildman–Crippen MR) is 95.6 cm³/mol. The van der Waals surface area contributed by atoms with Crippen molar-refractivity contribution in [1.29, 1.82) is 0 Å². The third kappa shape index (κ3) is 11.7. The van der Waals surface area contributed by atoms with E-state index in [1.54, 1.807) is 0 Å².